The first-order valence-corrected chi connectivity index (χ1v) is 7.32. The van der Waals surface area contributed by atoms with Gasteiger partial charge in [0, 0.05) is 6.04 Å². The average Bonchev–Trinajstić information content (AvgIpc) is 2.31. The summed E-state index contributed by atoms with van der Waals surface area (Å²) >= 11 is 0. The molecule has 0 bridgehead atoms. The lowest BCUT2D eigenvalue weighted by Crippen LogP contribution is -2.33. The van der Waals surface area contributed by atoms with Crippen LogP contribution >= 0.6 is 0 Å². The van der Waals surface area contributed by atoms with E-state index in [1.165, 1.54) is 18.4 Å². The third-order valence-corrected chi connectivity index (χ3v) is 3.31. The molecule has 1 N–H and O–H groups in total. The Morgan fingerprint density at radius 2 is 1.74 bits per heavy atom. The maximum atomic E-state index is 11.9. The molecule has 2 nitrogen and oxygen atoms in total. The van der Waals surface area contributed by atoms with Crippen LogP contribution in [-0.4, -0.2) is 11.9 Å². The zero-order chi connectivity index (χ0) is 14.3. The van der Waals surface area contributed by atoms with E-state index in [0.717, 1.165) is 17.9 Å². The molecule has 0 saturated carbocycles. The summed E-state index contributed by atoms with van der Waals surface area (Å²) < 4.78 is 0. The number of carbonyl (C=O) groups is 1. The van der Waals surface area contributed by atoms with Crippen molar-refractivity contribution in [3.8, 4) is 0 Å². The first kappa shape index (κ1) is 15.7. The van der Waals surface area contributed by atoms with Gasteiger partial charge in [0.05, 0.1) is 6.42 Å². The Labute approximate surface area is 117 Å². The van der Waals surface area contributed by atoms with Crippen LogP contribution in [0.4, 0.5) is 0 Å². The van der Waals surface area contributed by atoms with Gasteiger partial charge in [-0.15, -0.1) is 0 Å². The van der Waals surface area contributed by atoms with Gasteiger partial charge in [0.1, 0.15) is 0 Å². The molecule has 0 aromatic heterocycles. The SMILES string of the molecule is Cc1ccc(CC(=O)N[C@H](C)CCCC(C)C)cc1. The molecule has 1 rings (SSSR count). The Kier molecular flexibility index (Phi) is 6.61. The van der Waals surface area contributed by atoms with Gasteiger partial charge in [0.25, 0.3) is 0 Å². The highest BCUT2D eigenvalue weighted by Crippen LogP contribution is 2.09. The number of nitrogens with one attached hydrogen (secondary N) is 1. The second-order valence-electron chi connectivity index (χ2n) is 5.96. The molecule has 0 unspecified atom stereocenters. The predicted molar refractivity (Wildman–Crippen MR) is 81.2 cm³/mol. The molecular formula is C17H27NO. The maximum Gasteiger partial charge on any atom is 0.224 e. The molecule has 0 saturated heterocycles. The summed E-state index contributed by atoms with van der Waals surface area (Å²) in [5, 5.41) is 3.08. The quantitative estimate of drug-likeness (QED) is 0.793. The topological polar surface area (TPSA) is 29.1 Å². The molecular weight excluding hydrogens is 234 g/mol. The summed E-state index contributed by atoms with van der Waals surface area (Å²) in [7, 11) is 0. The highest BCUT2D eigenvalue weighted by atomic mass is 16.1. The van der Waals surface area contributed by atoms with Crippen molar-refractivity contribution in [3.63, 3.8) is 0 Å². The number of hydrogen-bond donors (Lipinski definition) is 1. The van der Waals surface area contributed by atoms with E-state index in [9.17, 15) is 4.79 Å². The van der Waals surface area contributed by atoms with Crippen molar-refractivity contribution in [2.75, 3.05) is 0 Å². The van der Waals surface area contributed by atoms with Gasteiger partial charge < -0.3 is 5.32 Å². The monoisotopic (exact) mass is 261 g/mol. The molecule has 0 heterocycles. The summed E-state index contributed by atoms with van der Waals surface area (Å²) in [5.41, 5.74) is 2.31. The van der Waals surface area contributed by atoms with E-state index in [-0.39, 0.29) is 11.9 Å². The Balaban J connectivity index is 2.28. The molecule has 2 heteroatoms. The fraction of sp³-hybridized carbons (Fsp3) is 0.588. The van der Waals surface area contributed by atoms with Crippen LogP contribution in [0.25, 0.3) is 0 Å². The smallest absolute Gasteiger partial charge is 0.224 e. The largest absolute Gasteiger partial charge is 0.353 e. The molecule has 1 aromatic carbocycles. The van der Waals surface area contributed by atoms with Crippen molar-refractivity contribution >= 4 is 5.91 Å². The van der Waals surface area contributed by atoms with Crippen LogP contribution in [0.15, 0.2) is 24.3 Å². The summed E-state index contributed by atoms with van der Waals surface area (Å²) in [5.74, 6) is 0.872. The number of carbonyl (C=O) groups excluding carboxylic acids is 1. The van der Waals surface area contributed by atoms with Crippen molar-refractivity contribution in [2.24, 2.45) is 5.92 Å². The Hall–Kier alpha value is -1.31. The second-order valence-corrected chi connectivity index (χ2v) is 5.96. The fourth-order valence-corrected chi connectivity index (χ4v) is 2.12. The molecule has 0 aliphatic heterocycles. The van der Waals surface area contributed by atoms with Crippen molar-refractivity contribution in [1.29, 1.82) is 0 Å². The molecule has 1 aromatic rings. The van der Waals surface area contributed by atoms with Crippen molar-refractivity contribution in [3.05, 3.63) is 35.4 Å². The number of amides is 1. The van der Waals surface area contributed by atoms with Gasteiger partial charge in [-0.2, -0.15) is 0 Å². The number of rotatable bonds is 7. The van der Waals surface area contributed by atoms with Gasteiger partial charge in [0.2, 0.25) is 5.91 Å². The first-order chi connectivity index (χ1) is 8.97. The van der Waals surface area contributed by atoms with Gasteiger partial charge in [0.15, 0.2) is 0 Å². The Morgan fingerprint density at radius 3 is 2.32 bits per heavy atom. The van der Waals surface area contributed by atoms with Crippen molar-refractivity contribution < 1.29 is 4.79 Å². The molecule has 1 atom stereocenters. The van der Waals surface area contributed by atoms with Gasteiger partial charge >= 0.3 is 0 Å². The van der Waals surface area contributed by atoms with E-state index in [4.69, 9.17) is 0 Å². The Morgan fingerprint density at radius 1 is 1.11 bits per heavy atom. The first-order valence-electron chi connectivity index (χ1n) is 7.32. The Bertz CT molecular complexity index is 381. The standard InChI is InChI=1S/C17H27NO/c1-13(2)6-5-7-15(4)18-17(19)12-16-10-8-14(3)9-11-16/h8-11,13,15H,5-7,12H2,1-4H3,(H,18,19)/t15-/m1/s1. The zero-order valence-electron chi connectivity index (χ0n) is 12.7. The molecule has 0 fully saturated rings. The molecule has 0 spiro atoms. The van der Waals surface area contributed by atoms with E-state index in [1.807, 2.05) is 12.1 Å². The lowest BCUT2D eigenvalue weighted by atomic mass is 10.0. The van der Waals surface area contributed by atoms with E-state index in [0.29, 0.717) is 6.42 Å². The maximum absolute atomic E-state index is 11.9. The van der Waals surface area contributed by atoms with Crippen LogP contribution in [0, 0.1) is 12.8 Å². The van der Waals surface area contributed by atoms with E-state index < -0.39 is 0 Å². The van der Waals surface area contributed by atoms with E-state index in [1.54, 1.807) is 0 Å². The highest BCUT2D eigenvalue weighted by molar-refractivity contribution is 5.78. The average molecular weight is 261 g/mol. The summed E-state index contributed by atoms with van der Waals surface area (Å²) in [6, 6.07) is 8.43. The summed E-state index contributed by atoms with van der Waals surface area (Å²) in [6.45, 7) is 8.62. The third kappa shape index (κ3) is 7.00. The number of hydrogen-bond acceptors (Lipinski definition) is 1. The molecule has 106 valence electrons. The second kappa shape index (κ2) is 7.98. The summed E-state index contributed by atoms with van der Waals surface area (Å²) in [4.78, 5) is 11.9. The third-order valence-electron chi connectivity index (χ3n) is 3.31. The lowest BCUT2D eigenvalue weighted by Gasteiger charge is -2.14. The predicted octanol–water partition coefficient (Wildman–Crippen LogP) is 3.87. The van der Waals surface area contributed by atoms with Crippen molar-refractivity contribution in [1.82, 2.24) is 5.32 Å². The lowest BCUT2D eigenvalue weighted by molar-refractivity contribution is -0.121. The van der Waals surface area contributed by atoms with E-state index >= 15 is 0 Å². The molecule has 19 heavy (non-hydrogen) atoms. The number of aryl methyl sites for hydroxylation is 1. The normalized spacial score (nSPS) is 12.5. The van der Waals surface area contributed by atoms with E-state index in [2.05, 4.69) is 45.1 Å². The zero-order valence-corrected chi connectivity index (χ0v) is 12.7. The van der Waals surface area contributed by atoms with Crippen LogP contribution in [0.1, 0.15) is 51.2 Å². The van der Waals surface area contributed by atoms with Gasteiger partial charge in [-0.3, -0.25) is 4.79 Å². The van der Waals surface area contributed by atoms with Crippen LogP contribution in [0.2, 0.25) is 0 Å². The minimum Gasteiger partial charge on any atom is -0.353 e. The molecule has 0 aliphatic carbocycles. The summed E-state index contributed by atoms with van der Waals surface area (Å²) in [6.07, 6.45) is 3.97. The van der Waals surface area contributed by atoms with Crippen LogP contribution in [-0.2, 0) is 11.2 Å². The van der Waals surface area contributed by atoms with Gasteiger partial charge in [-0.1, -0.05) is 56.5 Å². The highest BCUT2D eigenvalue weighted by Gasteiger charge is 2.08. The minimum atomic E-state index is 0.126. The fourth-order valence-electron chi connectivity index (χ4n) is 2.12. The van der Waals surface area contributed by atoms with Gasteiger partial charge in [-0.05, 0) is 31.7 Å². The van der Waals surface area contributed by atoms with Crippen LogP contribution in [0.5, 0.6) is 0 Å². The molecule has 0 radical (unpaired) electrons. The minimum absolute atomic E-state index is 0.126. The van der Waals surface area contributed by atoms with Crippen molar-refractivity contribution in [2.45, 2.75) is 59.4 Å². The van der Waals surface area contributed by atoms with Crippen LogP contribution < -0.4 is 5.32 Å². The molecule has 1 amide bonds. The number of benzene rings is 1. The van der Waals surface area contributed by atoms with Gasteiger partial charge in [-0.25, -0.2) is 0 Å². The van der Waals surface area contributed by atoms with Crippen LogP contribution in [0.3, 0.4) is 0 Å². The molecule has 0 aliphatic rings.